The van der Waals surface area contributed by atoms with Gasteiger partial charge in [0.05, 0.1) is 19.9 Å². The first-order chi connectivity index (χ1) is 14.0. The van der Waals surface area contributed by atoms with Crippen LogP contribution in [0.1, 0.15) is 35.1 Å². The highest BCUT2D eigenvalue weighted by Crippen LogP contribution is 2.41. The predicted octanol–water partition coefficient (Wildman–Crippen LogP) is 5.35. The molecule has 0 radical (unpaired) electrons. The molecule has 0 aliphatic rings. The highest BCUT2D eigenvalue weighted by molar-refractivity contribution is 5.90. The molecule has 1 amide bonds. The van der Waals surface area contributed by atoms with Crippen molar-refractivity contribution in [3.05, 3.63) is 89.0 Å². The number of rotatable bonds is 7. The van der Waals surface area contributed by atoms with Crippen molar-refractivity contribution in [1.29, 1.82) is 0 Å². The second-order valence-electron chi connectivity index (χ2n) is 7.02. The molecule has 0 saturated carbocycles. The van der Waals surface area contributed by atoms with Gasteiger partial charge in [0.25, 0.3) is 0 Å². The van der Waals surface area contributed by atoms with Gasteiger partial charge in [-0.1, -0.05) is 60.7 Å². The standard InChI is InChI=1S/C25H27NO3/c1-17-23(26-18(2)27)16-24(28-3)22(25(17)29-4)15-21(19-11-7-5-8-12-19)20-13-9-6-10-14-20/h5-14,16,21H,15H2,1-4H3,(H,26,27). The van der Waals surface area contributed by atoms with Crippen molar-refractivity contribution in [2.24, 2.45) is 0 Å². The molecule has 0 aliphatic carbocycles. The van der Waals surface area contributed by atoms with Crippen LogP contribution in [0.4, 0.5) is 5.69 Å². The molecule has 0 aliphatic heterocycles. The lowest BCUT2D eigenvalue weighted by molar-refractivity contribution is -0.114. The molecule has 0 fully saturated rings. The monoisotopic (exact) mass is 389 g/mol. The Morgan fingerprint density at radius 1 is 0.931 bits per heavy atom. The van der Waals surface area contributed by atoms with E-state index in [9.17, 15) is 4.79 Å². The van der Waals surface area contributed by atoms with Gasteiger partial charge < -0.3 is 14.8 Å². The molecule has 3 rings (SSSR count). The topological polar surface area (TPSA) is 47.6 Å². The van der Waals surface area contributed by atoms with Gasteiger partial charge in [0.15, 0.2) is 0 Å². The summed E-state index contributed by atoms with van der Waals surface area (Å²) in [6, 6.07) is 22.8. The van der Waals surface area contributed by atoms with Gasteiger partial charge in [0.1, 0.15) is 11.5 Å². The van der Waals surface area contributed by atoms with Crippen molar-refractivity contribution in [3.63, 3.8) is 0 Å². The Balaban J connectivity index is 2.12. The molecule has 0 unspecified atom stereocenters. The molecular weight excluding hydrogens is 362 g/mol. The van der Waals surface area contributed by atoms with Crippen LogP contribution < -0.4 is 14.8 Å². The quantitative estimate of drug-likeness (QED) is 0.593. The van der Waals surface area contributed by atoms with Crippen LogP contribution in [0.5, 0.6) is 11.5 Å². The van der Waals surface area contributed by atoms with Gasteiger partial charge in [0, 0.05) is 30.0 Å². The van der Waals surface area contributed by atoms with Gasteiger partial charge in [0.2, 0.25) is 5.91 Å². The summed E-state index contributed by atoms with van der Waals surface area (Å²) in [4.78, 5) is 11.6. The van der Waals surface area contributed by atoms with Crippen LogP contribution in [0.2, 0.25) is 0 Å². The summed E-state index contributed by atoms with van der Waals surface area (Å²) in [7, 11) is 3.30. The zero-order chi connectivity index (χ0) is 20.8. The number of anilines is 1. The first kappa shape index (κ1) is 20.5. The summed E-state index contributed by atoms with van der Waals surface area (Å²) < 4.78 is 11.5. The first-order valence-electron chi connectivity index (χ1n) is 9.67. The molecule has 1 N–H and O–H groups in total. The Morgan fingerprint density at radius 3 is 1.93 bits per heavy atom. The maximum absolute atomic E-state index is 11.6. The molecule has 3 aromatic carbocycles. The van der Waals surface area contributed by atoms with Crippen LogP contribution in [0.15, 0.2) is 66.7 Å². The Bertz CT molecular complexity index is 929. The Hall–Kier alpha value is -3.27. The van der Waals surface area contributed by atoms with E-state index in [1.165, 1.54) is 18.1 Å². The van der Waals surface area contributed by atoms with E-state index in [1.54, 1.807) is 14.2 Å². The maximum atomic E-state index is 11.6. The maximum Gasteiger partial charge on any atom is 0.221 e. The summed E-state index contributed by atoms with van der Waals surface area (Å²) in [6.07, 6.45) is 0.710. The van der Waals surface area contributed by atoms with Crippen LogP contribution in [0, 0.1) is 6.92 Å². The van der Waals surface area contributed by atoms with Gasteiger partial charge in [-0.25, -0.2) is 0 Å². The van der Waals surface area contributed by atoms with Crippen molar-refractivity contribution in [2.45, 2.75) is 26.2 Å². The largest absolute Gasteiger partial charge is 0.496 e. The molecule has 0 bridgehead atoms. The summed E-state index contributed by atoms with van der Waals surface area (Å²) in [6.45, 7) is 3.44. The van der Waals surface area contributed by atoms with E-state index in [0.717, 1.165) is 16.9 Å². The van der Waals surface area contributed by atoms with E-state index in [0.29, 0.717) is 17.9 Å². The minimum absolute atomic E-state index is 0.128. The fraction of sp³-hybridized carbons (Fsp3) is 0.240. The molecule has 4 heteroatoms. The van der Waals surface area contributed by atoms with Crippen LogP contribution in [0.3, 0.4) is 0 Å². The highest BCUT2D eigenvalue weighted by Gasteiger charge is 2.23. The number of benzene rings is 3. The number of methoxy groups -OCH3 is 2. The Labute approximate surface area is 172 Å². The normalized spacial score (nSPS) is 10.7. The van der Waals surface area contributed by atoms with Gasteiger partial charge in [-0.3, -0.25) is 4.79 Å². The third-order valence-electron chi connectivity index (χ3n) is 5.14. The number of nitrogens with one attached hydrogen (secondary N) is 1. The van der Waals surface area contributed by atoms with E-state index < -0.39 is 0 Å². The lowest BCUT2D eigenvalue weighted by atomic mass is 9.85. The third kappa shape index (κ3) is 4.60. The van der Waals surface area contributed by atoms with E-state index in [-0.39, 0.29) is 11.8 Å². The summed E-state index contributed by atoms with van der Waals surface area (Å²) in [5.41, 5.74) is 5.03. The number of carbonyl (C=O) groups is 1. The Morgan fingerprint density at radius 2 is 1.48 bits per heavy atom. The summed E-state index contributed by atoms with van der Waals surface area (Å²) in [5, 5.41) is 2.87. The predicted molar refractivity (Wildman–Crippen MR) is 117 cm³/mol. The van der Waals surface area contributed by atoms with E-state index in [4.69, 9.17) is 9.47 Å². The minimum atomic E-state index is -0.128. The second kappa shape index (κ2) is 9.28. The van der Waals surface area contributed by atoms with Gasteiger partial charge >= 0.3 is 0 Å². The van der Waals surface area contributed by atoms with Crippen molar-refractivity contribution in [3.8, 4) is 11.5 Å². The molecule has 0 atom stereocenters. The van der Waals surface area contributed by atoms with E-state index in [1.807, 2.05) is 25.1 Å². The number of amides is 1. The lowest BCUT2D eigenvalue weighted by Crippen LogP contribution is -2.12. The Kier molecular flexibility index (Phi) is 6.55. The fourth-order valence-electron chi connectivity index (χ4n) is 3.76. The molecular formula is C25H27NO3. The molecule has 4 nitrogen and oxygen atoms in total. The van der Waals surface area contributed by atoms with Gasteiger partial charge in [-0.05, 0) is 24.5 Å². The highest BCUT2D eigenvalue weighted by atomic mass is 16.5. The van der Waals surface area contributed by atoms with E-state index in [2.05, 4.69) is 53.8 Å². The summed E-state index contributed by atoms with van der Waals surface area (Å²) >= 11 is 0. The second-order valence-corrected chi connectivity index (χ2v) is 7.02. The lowest BCUT2D eigenvalue weighted by Gasteiger charge is -2.23. The average molecular weight is 389 g/mol. The van der Waals surface area contributed by atoms with Crippen molar-refractivity contribution < 1.29 is 14.3 Å². The number of carbonyl (C=O) groups excluding carboxylic acids is 1. The SMILES string of the molecule is COc1cc(NC(C)=O)c(C)c(OC)c1CC(c1ccccc1)c1ccccc1. The van der Waals surface area contributed by atoms with Crippen LogP contribution in [0.25, 0.3) is 0 Å². The number of hydrogen-bond acceptors (Lipinski definition) is 3. The third-order valence-corrected chi connectivity index (χ3v) is 5.14. The van der Waals surface area contributed by atoms with E-state index >= 15 is 0 Å². The molecule has 0 aromatic heterocycles. The van der Waals surface area contributed by atoms with Crippen LogP contribution in [-0.2, 0) is 11.2 Å². The van der Waals surface area contributed by atoms with Crippen molar-refractivity contribution in [1.82, 2.24) is 0 Å². The smallest absolute Gasteiger partial charge is 0.221 e. The van der Waals surface area contributed by atoms with Crippen LogP contribution in [-0.4, -0.2) is 20.1 Å². The number of ether oxygens (including phenoxy) is 2. The van der Waals surface area contributed by atoms with Crippen LogP contribution >= 0.6 is 0 Å². The summed E-state index contributed by atoms with van der Waals surface area (Å²) in [5.74, 6) is 1.46. The molecule has 0 spiro atoms. The molecule has 0 saturated heterocycles. The zero-order valence-electron chi connectivity index (χ0n) is 17.4. The van der Waals surface area contributed by atoms with Crippen molar-refractivity contribution in [2.75, 3.05) is 19.5 Å². The average Bonchev–Trinajstić information content (AvgIpc) is 2.74. The molecule has 150 valence electrons. The van der Waals surface area contributed by atoms with Gasteiger partial charge in [-0.2, -0.15) is 0 Å². The van der Waals surface area contributed by atoms with Crippen molar-refractivity contribution >= 4 is 11.6 Å². The zero-order valence-corrected chi connectivity index (χ0v) is 17.4. The number of hydrogen-bond donors (Lipinski definition) is 1. The fourth-order valence-corrected chi connectivity index (χ4v) is 3.76. The molecule has 3 aromatic rings. The van der Waals surface area contributed by atoms with Gasteiger partial charge in [-0.15, -0.1) is 0 Å². The molecule has 0 heterocycles. The molecule has 29 heavy (non-hydrogen) atoms. The minimum Gasteiger partial charge on any atom is -0.496 e. The first-order valence-corrected chi connectivity index (χ1v) is 9.67.